The molecule has 2 aromatic carbocycles. The van der Waals surface area contributed by atoms with Crippen LogP contribution in [0.5, 0.6) is 0 Å². The lowest BCUT2D eigenvalue weighted by Crippen LogP contribution is -2.41. The molecule has 0 radical (unpaired) electrons. The minimum Gasteiger partial charge on any atom is -0.403 e. The Morgan fingerprint density at radius 3 is 1.53 bits per heavy atom. The van der Waals surface area contributed by atoms with Crippen LogP contribution in [0, 0.1) is 35.5 Å². The van der Waals surface area contributed by atoms with Gasteiger partial charge in [0, 0.05) is 12.8 Å². The van der Waals surface area contributed by atoms with E-state index >= 15 is 0 Å². The summed E-state index contributed by atoms with van der Waals surface area (Å²) < 4.78 is 24.5. The summed E-state index contributed by atoms with van der Waals surface area (Å²) in [6.45, 7) is 23.9. The van der Waals surface area contributed by atoms with Crippen LogP contribution in [0.2, 0.25) is 12.6 Å². The van der Waals surface area contributed by atoms with Crippen LogP contribution in [0.1, 0.15) is 132 Å². The molecule has 2 heterocycles. The molecule has 0 bridgehead atoms. The second-order valence-corrected chi connectivity index (χ2v) is 19.6. The molecule has 2 saturated carbocycles. The molecule has 62 heavy (non-hydrogen) atoms. The van der Waals surface area contributed by atoms with Crippen LogP contribution in [-0.4, -0.2) is 61.7 Å². The monoisotopic (exact) mass is 861 g/mol. The lowest BCUT2D eigenvalue weighted by molar-refractivity contribution is -0.193. The first-order valence-corrected chi connectivity index (χ1v) is 22.6. The quantitative estimate of drug-likeness (QED) is 0.0702. The molecule has 1 N–H and O–H groups in total. The average molecular weight is 861 g/mol. The fourth-order valence-electron chi connectivity index (χ4n) is 8.92. The second-order valence-electron chi connectivity index (χ2n) is 19.6. The van der Waals surface area contributed by atoms with Gasteiger partial charge in [0.1, 0.15) is 6.61 Å². The summed E-state index contributed by atoms with van der Waals surface area (Å²) in [7, 11) is -0.115. The van der Waals surface area contributed by atoms with Crippen LogP contribution < -0.4 is 5.48 Å². The van der Waals surface area contributed by atoms with E-state index in [1.165, 1.54) is 50.5 Å². The maximum Gasteiger partial charge on any atom is 0.457 e. The van der Waals surface area contributed by atoms with E-state index < -0.39 is 0 Å². The molecular formula is C48H74B2N2O10. The van der Waals surface area contributed by atoms with E-state index in [4.69, 9.17) is 47.5 Å². The number of hydrogen-bond acceptors (Lipinski definition) is 12. The fourth-order valence-corrected chi connectivity index (χ4v) is 8.92. The molecule has 12 nitrogen and oxygen atoms in total. The predicted molar refractivity (Wildman–Crippen MR) is 240 cm³/mol. The molecule has 2 aliphatic heterocycles. The predicted octanol–water partition coefficient (Wildman–Crippen LogP) is 9.80. The Morgan fingerprint density at radius 1 is 0.645 bits per heavy atom. The summed E-state index contributed by atoms with van der Waals surface area (Å²) in [5.74, 6) is 4.35. The van der Waals surface area contributed by atoms with Gasteiger partial charge in [-0.3, -0.25) is 4.84 Å². The van der Waals surface area contributed by atoms with Gasteiger partial charge in [0.2, 0.25) is 0 Å². The molecule has 0 spiro atoms. The highest BCUT2D eigenvalue weighted by atomic mass is 16.7. The van der Waals surface area contributed by atoms with Gasteiger partial charge in [-0.2, -0.15) is 19.2 Å². The molecule has 342 valence electrons. The van der Waals surface area contributed by atoms with Crippen LogP contribution in [-0.2, 0) is 60.7 Å². The maximum absolute atomic E-state index is 8.12. The third-order valence-corrected chi connectivity index (χ3v) is 13.8. The third kappa shape index (κ3) is 17.3. The van der Waals surface area contributed by atoms with Crippen molar-refractivity contribution in [3.8, 4) is 0 Å². The Labute approximate surface area is 372 Å². The Morgan fingerprint density at radius 2 is 1.06 bits per heavy atom. The Hall–Kier alpha value is -3.44. The molecule has 6 rings (SSSR count). The normalized spacial score (nSPS) is 26.3. The van der Waals surface area contributed by atoms with Crippen LogP contribution >= 0.6 is 0 Å². The van der Waals surface area contributed by atoms with Crippen molar-refractivity contribution in [1.82, 2.24) is 5.48 Å². The summed E-state index contributed by atoms with van der Waals surface area (Å²) in [6.07, 6.45) is 14.4. The van der Waals surface area contributed by atoms with Gasteiger partial charge in [-0.05, 0) is 140 Å². The van der Waals surface area contributed by atoms with E-state index in [0.717, 1.165) is 54.8 Å². The van der Waals surface area contributed by atoms with Gasteiger partial charge in [0.15, 0.2) is 0 Å². The lowest BCUT2D eigenvalue weighted by Gasteiger charge is -2.32. The number of hydrogen-bond donors (Lipinski definition) is 1. The third-order valence-electron chi connectivity index (χ3n) is 13.8. The molecule has 2 aromatic rings. The topological polar surface area (TPSA) is 148 Å². The lowest BCUT2D eigenvalue weighted by atomic mass is 9.80. The van der Waals surface area contributed by atoms with Crippen LogP contribution in [0.4, 0.5) is 0 Å². The van der Waals surface area contributed by atoms with E-state index in [-0.39, 0.29) is 48.9 Å². The van der Waals surface area contributed by atoms with E-state index in [9.17, 15) is 0 Å². The number of nitrogens with zero attached hydrogens (tertiary/aromatic N) is 1. The number of hydroxylamine groups is 1. The molecule has 2 saturated heterocycles. The number of nitrogens with one attached hydrogen (secondary N) is 1. The van der Waals surface area contributed by atoms with Crippen molar-refractivity contribution in [2.75, 3.05) is 6.54 Å². The first-order chi connectivity index (χ1) is 29.4. The number of rotatable bonds is 17. The molecule has 6 atom stereocenters. The van der Waals surface area contributed by atoms with Crippen LogP contribution in [0.25, 0.3) is 0 Å². The van der Waals surface area contributed by atoms with Gasteiger partial charge in [-0.15, -0.1) is 0 Å². The first-order valence-electron chi connectivity index (χ1n) is 22.6. The van der Waals surface area contributed by atoms with Gasteiger partial charge < -0.3 is 23.5 Å². The maximum atomic E-state index is 8.12. The minimum atomic E-state index is -0.223. The number of oxime groups is 1. The molecular weight excluding hydrogens is 786 g/mol. The minimum absolute atomic E-state index is 0.0504. The highest BCUT2D eigenvalue weighted by Crippen LogP contribution is 2.43. The number of benzene rings is 2. The molecule has 2 aliphatic carbocycles. The van der Waals surface area contributed by atoms with Crippen molar-refractivity contribution in [2.24, 2.45) is 40.7 Å². The first kappa shape index (κ1) is 52.9. The van der Waals surface area contributed by atoms with Gasteiger partial charge in [-0.25, -0.2) is 5.48 Å². The second kappa shape index (κ2) is 25.8. The summed E-state index contributed by atoms with van der Waals surface area (Å²) in [6, 6.07) is 20.5. The highest BCUT2D eigenvalue weighted by Gasteiger charge is 2.51. The van der Waals surface area contributed by atoms with E-state index in [1.807, 2.05) is 42.6 Å². The molecule has 2 unspecified atom stereocenters. The number of carbonyl (C=O) groups excluding carboxylic acids is 4. The highest BCUT2D eigenvalue weighted by molar-refractivity contribution is 6.45. The summed E-state index contributed by atoms with van der Waals surface area (Å²) >= 11 is 0. The van der Waals surface area contributed by atoms with E-state index in [1.54, 1.807) is 0 Å². The molecule has 14 heteroatoms. The largest absolute Gasteiger partial charge is 0.457 e. The summed E-state index contributed by atoms with van der Waals surface area (Å²) in [5.41, 5.74) is 4.68. The zero-order chi connectivity index (χ0) is 45.8. The zero-order valence-corrected chi connectivity index (χ0v) is 39.2. The molecule has 4 aliphatic rings. The van der Waals surface area contributed by atoms with Gasteiger partial charge in [0.05, 0.1) is 29.0 Å². The molecule has 0 amide bonds. The van der Waals surface area contributed by atoms with Crippen LogP contribution in [0.3, 0.4) is 0 Å². The molecule has 4 fully saturated rings. The Kier molecular flexibility index (Phi) is 22.0. The Bertz CT molecular complexity index is 1620. The summed E-state index contributed by atoms with van der Waals surface area (Å²) in [5, 5.41) is 4.23. The Balaban J connectivity index is 0.000000293. The van der Waals surface area contributed by atoms with Crippen molar-refractivity contribution < 1.29 is 47.5 Å². The van der Waals surface area contributed by atoms with Gasteiger partial charge >= 0.3 is 26.5 Å². The van der Waals surface area contributed by atoms with Crippen molar-refractivity contribution in [3.63, 3.8) is 0 Å². The van der Waals surface area contributed by atoms with Gasteiger partial charge in [-0.1, -0.05) is 105 Å². The van der Waals surface area contributed by atoms with Crippen molar-refractivity contribution >= 4 is 32.8 Å². The zero-order valence-electron chi connectivity index (χ0n) is 39.2. The average Bonchev–Trinajstić information content (AvgIpc) is 3.87. The fraction of sp³-hybridized carbons (Fsp3) is 0.688. The summed E-state index contributed by atoms with van der Waals surface area (Å²) in [4.78, 5) is 43.6. The van der Waals surface area contributed by atoms with Crippen molar-refractivity contribution in [2.45, 2.75) is 169 Å². The van der Waals surface area contributed by atoms with E-state index in [0.29, 0.717) is 25.0 Å². The van der Waals surface area contributed by atoms with Crippen molar-refractivity contribution in [1.29, 1.82) is 0 Å². The smallest absolute Gasteiger partial charge is 0.403 e. The van der Waals surface area contributed by atoms with Gasteiger partial charge in [0.25, 0.3) is 0 Å². The standard InChI is InChI=1S/C23H38BNO3.C23H36BNO3.2CO2/c2*1-18-14-20(16-25-26-17-19-10-7-6-8-11-19)15-21(18)12-9-13-24-27-22(2,3)23(4,5)28-24;2*2-1-3/h6-8,10-11,18,20-21,25H,9,12-17H2,1-5H3;6-8,10-11,16,18,20-21H,9,12-15,17H2,1-5H3;;/b;25-16+;;/t2*18-,20?,21+;;/m00../s1. The SMILES string of the molecule is C[C@H]1CC(/C=N/OCc2ccccc2)C[C@H]1CCCB1OC(C)(C)C(C)(C)O1.C[C@H]1CC(CNOCc2ccccc2)C[C@H]1CCCB1OC(C)(C)C(C)(C)O1.O=C=O.O=C=O. The van der Waals surface area contributed by atoms with E-state index in [2.05, 4.69) is 104 Å². The van der Waals surface area contributed by atoms with Crippen molar-refractivity contribution in [3.05, 3.63) is 71.8 Å². The van der Waals surface area contributed by atoms with Crippen LogP contribution in [0.15, 0.2) is 65.8 Å². The molecule has 0 aromatic heterocycles.